The molecule has 0 fully saturated rings. The van der Waals surface area contributed by atoms with Crippen LogP contribution in [0.25, 0.3) is 11.5 Å². The Morgan fingerprint density at radius 1 is 1.17 bits per heavy atom. The lowest BCUT2D eigenvalue weighted by atomic mass is 10.1. The van der Waals surface area contributed by atoms with Gasteiger partial charge in [-0.2, -0.15) is 0 Å². The first-order valence-electron chi connectivity index (χ1n) is 9.51. The first-order valence-corrected chi connectivity index (χ1v) is 9.51. The molecule has 0 saturated carbocycles. The van der Waals surface area contributed by atoms with Gasteiger partial charge in [0, 0.05) is 42.3 Å². The maximum absolute atomic E-state index is 12.2. The van der Waals surface area contributed by atoms with Crippen LogP contribution < -0.4 is 14.8 Å². The van der Waals surface area contributed by atoms with Gasteiger partial charge in [-0.1, -0.05) is 6.07 Å². The zero-order valence-corrected chi connectivity index (χ0v) is 16.3. The fraction of sp³-hybridized carbons (Fsp3) is 0.333. The molecule has 150 valence electrons. The van der Waals surface area contributed by atoms with Crippen molar-refractivity contribution in [2.45, 2.75) is 39.2 Å². The van der Waals surface area contributed by atoms with Gasteiger partial charge >= 0.3 is 0 Å². The summed E-state index contributed by atoms with van der Waals surface area (Å²) in [5.41, 5.74) is 2.68. The van der Waals surface area contributed by atoms with Gasteiger partial charge in [0.1, 0.15) is 0 Å². The molecule has 0 spiro atoms. The van der Waals surface area contributed by atoms with Crippen molar-refractivity contribution in [1.82, 2.24) is 20.5 Å². The van der Waals surface area contributed by atoms with Crippen molar-refractivity contribution < 1.29 is 18.7 Å². The monoisotopic (exact) mass is 394 g/mol. The van der Waals surface area contributed by atoms with Gasteiger partial charge in [-0.25, -0.2) is 0 Å². The highest BCUT2D eigenvalue weighted by Crippen LogP contribution is 2.35. The number of rotatable bonds is 7. The zero-order chi connectivity index (χ0) is 20.2. The number of nitrogens with one attached hydrogen (secondary N) is 1. The lowest BCUT2D eigenvalue weighted by Gasteiger charge is -2.13. The van der Waals surface area contributed by atoms with Crippen molar-refractivity contribution in [1.29, 1.82) is 0 Å². The zero-order valence-electron chi connectivity index (χ0n) is 16.3. The van der Waals surface area contributed by atoms with Crippen LogP contribution in [0, 0.1) is 6.92 Å². The maximum Gasteiger partial charge on any atom is 0.247 e. The van der Waals surface area contributed by atoms with E-state index in [9.17, 15) is 4.79 Å². The Hall–Kier alpha value is -3.42. The van der Waals surface area contributed by atoms with Crippen molar-refractivity contribution >= 4 is 5.91 Å². The number of aryl methyl sites for hydroxylation is 2. The smallest absolute Gasteiger partial charge is 0.247 e. The van der Waals surface area contributed by atoms with E-state index in [4.69, 9.17) is 13.9 Å². The van der Waals surface area contributed by atoms with Gasteiger partial charge in [-0.05, 0) is 44.2 Å². The fourth-order valence-electron chi connectivity index (χ4n) is 3.15. The van der Waals surface area contributed by atoms with E-state index < -0.39 is 0 Å². The summed E-state index contributed by atoms with van der Waals surface area (Å²) in [6.07, 6.45) is 1.33. The Labute approximate surface area is 168 Å². The molecular formula is C21H22N4O4. The van der Waals surface area contributed by atoms with Crippen molar-refractivity contribution in [3.63, 3.8) is 0 Å². The van der Waals surface area contributed by atoms with Crippen LogP contribution in [0.1, 0.15) is 30.6 Å². The van der Waals surface area contributed by atoms with Crippen molar-refractivity contribution in [3.8, 4) is 23.0 Å². The summed E-state index contributed by atoms with van der Waals surface area (Å²) in [5.74, 6) is 2.09. The molecule has 8 heteroatoms. The number of benzene rings is 1. The predicted molar refractivity (Wildman–Crippen MR) is 104 cm³/mol. The molecule has 1 aromatic carbocycles. The van der Waals surface area contributed by atoms with Crippen LogP contribution in [0.4, 0.5) is 0 Å². The second-order valence-electron chi connectivity index (χ2n) is 7.01. The molecule has 29 heavy (non-hydrogen) atoms. The highest BCUT2D eigenvalue weighted by atomic mass is 16.7. The van der Waals surface area contributed by atoms with Crippen LogP contribution in [0.2, 0.25) is 0 Å². The van der Waals surface area contributed by atoms with E-state index in [2.05, 4.69) is 20.5 Å². The van der Waals surface area contributed by atoms with Gasteiger partial charge in [0.05, 0.1) is 0 Å². The summed E-state index contributed by atoms with van der Waals surface area (Å²) in [5, 5.41) is 11.1. The normalized spacial score (nSPS) is 13.3. The van der Waals surface area contributed by atoms with Crippen LogP contribution in [-0.2, 0) is 17.6 Å². The third-order valence-corrected chi connectivity index (χ3v) is 4.52. The van der Waals surface area contributed by atoms with E-state index in [1.807, 2.05) is 38.1 Å². The number of ether oxygens (including phenoxy) is 2. The maximum atomic E-state index is 12.2. The molecule has 1 N–H and O–H groups in total. The molecule has 1 aliphatic heterocycles. The van der Waals surface area contributed by atoms with Crippen LogP contribution in [0.3, 0.4) is 0 Å². The molecule has 1 atom stereocenters. The minimum Gasteiger partial charge on any atom is -0.454 e. The van der Waals surface area contributed by atoms with E-state index in [-0.39, 0.29) is 25.2 Å². The minimum absolute atomic E-state index is 0.0105. The highest BCUT2D eigenvalue weighted by Gasteiger charge is 2.17. The number of carbonyl (C=O) groups is 1. The van der Waals surface area contributed by atoms with Gasteiger partial charge in [-0.15, -0.1) is 10.2 Å². The minimum atomic E-state index is -0.0621. The molecule has 3 aromatic rings. The van der Waals surface area contributed by atoms with E-state index in [0.717, 1.165) is 17.0 Å². The summed E-state index contributed by atoms with van der Waals surface area (Å²) in [4.78, 5) is 16.7. The molecule has 4 rings (SSSR count). The lowest BCUT2D eigenvalue weighted by molar-refractivity contribution is -0.121. The fourth-order valence-corrected chi connectivity index (χ4v) is 3.15. The molecule has 0 saturated heterocycles. The molecule has 0 bridgehead atoms. The molecular weight excluding hydrogens is 372 g/mol. The van der Waals surface area contributed by atoms with Crippen molar-refractivity contribution in [2.24, 2.45) is 0 Å². The van der Waals surface area contributed by atoms with Crippen LogP contribution in [0.15, 0.2) is 40.8 Å². The SMILES string of the molecule is Cc1cccc(CC(C)NC(=O)CCc2nnc(-c3ccc4c(c3)OCO4)o2)n1. The summed E-state index contributed by atoms with van der Waals surface area (Å²) in [6.45, 7) is 4.13. The van der Waals surface area contributed by atoms with Crippen LogP contribution in [0.5, 0.6) is 11.5 Å². The molecule has 2 aromatic heterocycles. The molecule has 0 radical (unpaired) electrons. The summed E-state index contributed by atoms with van der Waals surface area (Å²) < 4.78 is 16.3. The average Bonchev–Trinajstić information content (AvgIpc) is 3.35. The number of aromatic nitrogens is 3. The molecule has 1 unspecified atom stereocenters. The van der Waals surface area contributed by atoms with Crippen LogP contribution >= 0.6 is 0 Å². The summed E-state index contributed by atoms with van der Waals surface area (Å²) >= 11 is 0. The molecule has 0 aliphatic carbocycles. The van der Waals surface area contributed by atoms with E-state index >= 15 is 0 Å². The quantitative estimate of drug-likeness (QED) is 0.658. The predicted octanol–water partition coefficient (Wildman–Crippen LogP) is 2.85. The molecule has 8 nitrogen and oxygen atoms in total. The summed E-state index contributed by atoms with van der Waals surface area (Å²) in [7, 11) is 0. The van der Waals surface area contributed by atoms with Gasteiger partial charge in [-0.3, -0.25) is 9.78 Å². The Balaban J connectivity index is 1.28. The number of pyridine rings is 1. The third kappa shape index (κ3) is 4.71. The number of amides is 1. The first-order chi connectivity index (χ1) is 14.1. The number of hydrogen-bond donors (Lipinski definition) is 1. The number of nitrogens with zero attached hydrogens (tertiary/aromatic N) is 3. The Morgan fingerprint density at radius 2 is 2.03 bits per heavy atom. The highest BCUT2D eigenvalue weighted by molar-refractivity contribution is 5.76. The van der Waals surface area contributed by atoms with Gasteiger partial charge in [0.2, 0.25) is 24.5 Å². The number of hydrogen-bond acceptors (Lipinski definition) is 7. The Morgan fingerprint density at radius 3 is 2.90 bits per heavy atom. The van der Waals surface area contributed by atoms with Gasteiger partial charge < -0.3 is 19.2 Å². The van der Waals surface area contributed by atoms with E-state index in [1.54, 1.807) is 12.1 Å². The van der Waals surface area contributed by atoms with E-state index in [0.29, 0.717) is 36.1 Å². The van der Waals surface area contributed by atoms with E-state index in [1.165, 1.54) is 0 Å². The van der Waals surface area contributed by atoms with Crippen molar-refractivity contribution in [3.05, 3.63) is 53.7 Å². The Bertz CT molecular complexity index is 1020. The average molecular weight is 394 g/mol. The topological polar surface area (TPSA) is 99.4 Å². The van der Waals surface area contributed by atoms with Crippen molar-refractivity contribution in [2.75, 3.05) is 6.79 Å². The molecule has 3 heterocycles. The second kappa shape index (κ2) is 8.30. The number of carbonyl (C=O) groups excluding carboxylic acids is 1. The van der Waals surface area contributed by atoms with Gasteiger partial charge in [0.15, 0.2) is 11.5 Å². The third-order valence-electron chi connectivity index (χ3n) is 4.52. The second-order valence-corrected chi connectivity index (χ2v) is 7.01. The summed E-state index contributed by atoms with van der Waals surface area (Å²) in [6, 6.07) is 11.3. The standard InChI is InChI=1S/C21H22N4O4/c1-13-4-3-5-16(22-13)10-14(2)23-19(26)8-9-20-24-25-21(29-20)15-6-7-17-18(11-15)28-12-27-17/h3-7,11,14H,8-10,12H2,1-2H3,(H,23,26). The number of fused-ring (bicyclic) bond motifs is 1. The lowest BCUT2D eigenvalue weighted by Crippen LogP contribution is -2.34. The first kappa shape index (κ1) is 18.9. The van der Waals surface area contributed by atoms with Crippen LogP contribution in [-0.4, -0.2) is 33.9 Å². The molecule has 1 amide bonds. The molecule has 1 aliphatic rings. The largest absolute Gasteiger partial charge is 0.454 e. The van der Waals surface area contributed by atoms with Gasteiger partial charge in [0.25, 0.3) is 0 Å². The Kier molecular flexibility index (Phi) is 5.41.